The SMILES string of the molecule is O=[C]C/C=C/c1ccccc1Br. The van der Waals surface area contributed by atoms with E-state index in [1.807, 2.05) is 30.3 Å². The van der Waals surface area contributed by atoms with Crippen molar-refractivity contribution in [3.8, 4) is 0 Å². The molecule has 0 amide bonds. The molecule has 1 aromatic rings. The van der Waals surface area contributed by atoms with Crippen molar-refractivity contribution in [3.63, 3.8) is 0 Å². The van der Waals surface area contributed by atoms with Crippen LogP contribution >= 0.6 is 15.9 Å². The molecule has 0 N–H and O–H groups in total. The van der Waals surface area contributed by atoms with E-state index in [-0.39, 0.29) is 0 Å². The van der Waals surface area contributed by atoms with E-state index in [0.717, 1.165) is 10.0 Å². The lowest BCUT2D eigenvalue weighted by Crippen LogP contribution is -1.73. The molecule has 1 aromatic carbocycles. The van der Waals surface area contributed by atoms with Crippen LogP contribution in [-0.2, 0) is 4.79 Å². The predicted octanol–water partition coefficient (Wildman–Crippen LogP) is 2.96. The van der Waals surface area contributed by atoms with Crippen molar-refractivity contribution in [2.24, 2.45) is 0 Å². The first-order valence-corrected chi connectivity index (χ1v) is 4.40. The normalized spacial score (nSPS) is 10.4. The Balaban J connectivity index is 2.74. The first-order valence-electron chi connectivity index (χ1n) is 3.60. The number of halogens is 1. The molecule has 1 nitrogen and oxygen atoms in total. The van der Waals surface area contributed by atoms with Crippen LogP contribution in [0.4, 0.5) is 0 Å². The van der Waals surface area contributed by atoms with Crippen LogP contribution in [0, 0.1) is 0 Å². The lowest BCUT2D eigenvalue weighted by Gasteiger charge is -1.94. The molecule has 0 spiro atoms. The molecule has 0 aliphatic rings. The fourth-order valence-corrected chi connectivity index (χ4v) is 1.26. The Bertz CT molecular complexity index is 292. The molecule has 0 bridgehead atoms. The highest BCUT2D eigenvalue weighted by Crippen LogP contribution is 2.16. The summed E-state index contributed by atoms with van der Waals surface area (Å²) in [7, 11) is 0. The summed E-state index contributed by atoms with van der Waals surface area (Å²) in [4.78, 5) is 9.89. The van der Waals surface area contributed by atoms with Gasteiger partial charge in [-0.15, -0.1) is 0 Å². The number of rotatable bonds is 3. The fourth-order valence-electron chi connectivity index (χ4n) is 0.844. The van der Waals surface area contributed by atoms with Crippen molar-refractivity contribution < 1.29 is 4.79 Å². The molecule has 0 saturated carbocycles. The van der Waals surface area contributed by atoms with Gasteiger partial charge >= 0.3 is 0 Å². The maximum absolute atomic E-state index is 9.89. The Morgan fingerprint density at radius 1 is 1.42 bits per heavy atom. The van der Waals surface area contributed by atoms with Crippen LogP contribution in [0.3, 0.4) is 0 Å². The Labute approximate surface area is 80.2 Å². The molecule has 0 heterocycles. The zero-order valence-electron chi connectivity index (χ0n) is 6.46. The van der Waals surface area contributed by atoms with E-state index in [1.54, 1.807) is 12.4 Å². The number of benzene rings is 1. The zero-order chi connectivity index (χ0) is 8.81. The molecule has 12 heavy (non-hydrogen) atoms. The van der Waals surface area contributed by atoms with Gasteiger partial charge in [0.25, 0.3) is 0 Å². The summed E-state index contributed by atoms with van der Waals surface area (Å²) in [5, 5.41) is 0. The minimum absolute atomic E-state index is 0.349. The highest BCUT2D eigenvalue weighted by molar-refractivity contribution is 9.10. The van der Waals surface area contributed by atoms with Crippen LogP contribution < -0.4 is 0 Å². The van der Waals surface area contributed by atoms with E-state index in [9.17, 15) is 4.79 Å². The van der Waals surface area contributed by atoms with Crippen LogP contribution in [0.15, 0.2) is 34.8 Å². The molecule has 1 radical (unpaired) electrons. The van der Waals surface area contributed by atoms with Gasteiger partial charge < -0.3 is 0 Å². The summed E-state index contributed by atoms with van der Waals surface area (Å²) in [6.45, 7) is 0. The molecular weight excluding hydrogens is 216 g/mol. The molecule has 0 aromatic heterocycles. The zero-order valence-corrected chi connectivity index (χ0v) is 8.04. The Kier molecular flexibility index (Phi) is 3.74. The molecule has 0 aliphatic carbocycles. The summed E-state index contributed by atoms with van der Waals surface area (Å²) in [6.07, 6.45) is 5.84. The second-order valence-electron chi connectivity index (χ2n) is 2.27. The van der Waals surface area contributed by atoms with Gasteiger partial charge in [-0.25, -0.2) is 0 Å². The van der Waals surface area contributed by atoms with Gasteiger partial charge in [0.05, 0.1) is 0 Å². The smallest absolute Gasteiger partial charge is 0.202 e. The highest BCUT2D eigenvalue weighted by atomic mass is 79.9. The molecule has 2 heteroatoms. The van der Waals surface area contributed by atoms with E-state index in [2.05, 4.69) is 15.9 Å². The summed E-state index contributed by atoms with van der Waals surface area (Å²) >= 11 is 3.40. The van der Waals surface area contributed by atoms with Crippen molar-refractivity contribution in [1.82, 2.24) is 0 Å². The monoisotopic (exact) mass is 223 g/mol. The standard InChI is InChI=1S/C10H8BrO/c11-10-7-2-1-5-9(10)6-3-4-8-12/h1-3,5-7H,4H2/b6-3+. The van der Waals surface area contributed by atoms with Crippen molar-refractivity contribution >= 4 is 28.3 Å². The molecule has 0 aliphatic heterocycles. The molecule has 0 unspecified atom stereocenters. The molecule has 0 saturated heterocycles. The van der Waals surface area contributed by atoms with E-state index >= 15 is 0 Å². The molecule has 0 fully saturated rings. The molecule has 0 atom stereocenters. The highest BCUT2D eigenvalue weighted by Gasteiger charge is 1.91. The van der Waals surface area contributed by atoms with Gasteiger partial charge in [0.2, 0.25) is 6.29 Å². The van der Waals surface area contributed by atoms with Gasteiger partial charge in [-0.2, -0.15) is 0 Å². The quantitative estimate of drug-likeness (QED) is 0.771. The molecular formula is C10H8BrO. The van der Waals surface area contributed by atoms with E-state index in [0.29, 0.717) is 6.42 Å². The summed E-state index contributed by atoms with van der Waals surface area (Å²) < 4.78 is 1.03. The number of allylic oxidation sites excluding steroid dienone is 1. The Morgan fingerprint density at radius 2 is 2.17 bits per heavy atom. The second-order valence-corrected chi connectivity index (χ2v) is 3.13. The summed E-state index contributed by atoms with van der Waals surface area (Å²) in [6, 6.07) is 7.85. The number of hydrogen-bond acceptors (Lipinski definition) is 1. The average molecular weight is 224 g/mol. The lowest BCUT2D eigenvalue weighted by molar-refractivity contribution is 0.556. The third kappa shape index (κ3) is 2.62. The predicted molar refractivity (Wildman–Crippen MR) is 53.5 cm³/mol. The number of carbonyl (C=O) groups excluding carboxylic acids is 1. The lowest BCUT2D eigenvalue weighted by atomic mass is 10.2. The van der Waals surface area contributed by atoms with Crippen molar-refractivity contribution in [3.05, 3.63) is 40.4 Å². The summed E-state index contributed by atoms with van der Waals surface area (Å²) in [5.41, 5.74) is 1.08. The van der Waals surface area contributed by atoms with E-state index < -0.39 is 0 Å². The third-order valence-electron chi connectivity index (χ3n) is 1.40. The largest absolute Gasteiger partial charge is 0.291 e. The maximum atomic E-state index is 9.89. The third-order valence-corrected chi connectivity index (χ3v) is 2.13. The van der Waals surface area contributed by atoms with Gasteiger partial charge in [0.15, 0.2) is 0 Å². The van der Waals surface area contributed by atoms with E-state index in [1.165, 1.54) is 0 Å². The Morgan fingerprint density at radius 3 is 2.83 bits per heavy atom. The van der Waals surface area contributed by atoms with Gasteiger partial charge in [-0.05, 0) is 11.6 Å². The fraction of sp³-hybridized carbons (Fsp3) is 0.100. The average Bonchev–Trinajstić information content (AvgIpc) is 2.09. The van der Waals surface area contributed by atoms with Gasteiger partial charge in [-0.1, -0.05) is 46.3 Å². The molecule has 61 valence electrons. The Hall–Kier alpha value is -0.890. The van der Waals surface area contributed by atoms with Crippen molar-refractivity contribution in [1.29, 1.82) is 0 Å². The van der Waals surface area contributed by atoms with Gasteiger partial charge in [0.1, 0.15) is 0 Å². The van der Waals surface area contributed by atoms with E-state index in [4.69, 9.17) is 0 Å². The van der Waals surface area contributed by atoms with Crippen molar-refractivity contribution in [2.75, 3.05) is 0 Å². The van der Waals surface area contributed by atoms with Crippen molar-refractivity contribution in [2.45, 2.75) is 6.42 Å². The first kappa shape index (κ1) is 9.20. The van der Waals surface area contributed by atoms with Gasteiger partial charge in [-0.3, -0.25) is 4.79 Å². The first-order chi connectivity index (χ1) is 5.84. The van der Waals surface area contributed by atoms with Crippen LogP contribution in [0.2, 0.25) is 0 Å². The van der Waals surface area contributed by atoms with Crippen LogP contribution in [0.1, 0.15) is 12.0 Å². The number of hydrogen-bond donors (Lipinski definition) is 0. The summed E-state index contributed by atoms with van der Waals surface area (Å²) in [5.74, 6) is 0. The van der Waals surface area contributed by atoms with Crippen LogP contribution in [0.25, 0.3) is 6.08 Å². The van der Waals surface area contributed by atoms with Crippen LogP contribution in [0.5, 0.6) is 0 Å². The van der Waals surface area contributed by atoms with Gasteiger partial charge in [0, 0.05) is 10.9 Å². The minimum Gasteiger partial charge on any atom is -0.291 e. The minimum atomic E-state index is 0.349. The topological polar surface area (TPSA) is 17.1 Å². The second kappa shape index (κ2) is 4.88. The van der Waals surface area contributed by atoms with Crippen LogP contribution in [-0.4, -0.2) is 6.29 Å². The molecule has 1 rings (SSSR count). The maximum Gasteiger partial charge on any atom is 0.202 e.